The molecule has 2 rings (SSSR count). The zero-order valence-corrected chi connectivity index (χ0v) is 15.8. The first-order valence-corrected chi connectivity index (χ1v) is 8.50. The fourth-order valence-corrected chi connectivity index (χ4v) is 2.78. The third kappa shape index (κ3) is 5.20. The Hall–Kier alpha value is -3.08. The van der Waals surface area contributed by atoms with E-state index in [0.717, 1.165) is 0 Å². The molecule has 27 heavy (non-hydrogen) atoms. The van der Waals surface area contributed by atoms with Crippen molar-refractivity contribution in [2.45, 2.75) is 44.9 Å². The first-order chi connectivity index (χ1) is 12.6. The van der Waals surface area contributed by atoms with Gasteiger partial charge in [0.15, 0.2) is 5.69 Å². The summed E-state index contributed by atoms with van der Waals surface area (Å²) in [7, 11) is 1.25. The van der Waals surface area contributed by atoms with Gasteiger partial charge < -0.3 is 14.8 Å². The average Bonchev–Trinajstić information content (AvgIpc) is 3.03. The van der Waals surface area contributed by atoms with Crippen LogP contribution in [0.4, 0.5) is 10.5 Å². The lowest BCUT2D eigenvalue weighted by atomic mass is 10.1. The van der Waals surface area contributed by atoms with Crippen molar-refractivity contribution in [2.75, 3.05) is 13.7 Å². The summed E-state index contributed by atoms with van der Waals surface area (Å²) in [5.41, 5.74) is 0.131. The fraction of sp³-hybridized carbons (Fsp3) is 0.474. The highest BCUT2D eigenvalue weighted by molar-refractivity contribution is 5.95. The fourth-order valence-electron chi connectivity index (χ4n) is 2.78. The van der Waals surface area contributed by atoms with Crippen LogP contribution in [0, 0.1) is 6.57 Å². The topological polar surface area (TPSA) is 89.3 Å². The zero-order chi connectivity index (χ0) is 20.2. The first-order valence-electron chi connectivity index (χ1n) is 8.50. The van der Waals surface area contributed by atoms with Crippen molar-refractivity contribution in [1.82, 2.24) is 10.2 Å². The van der Waals surface area contributed by atoms with E-state index in [1.165, 1.54) is 12.0 Å². The minimum atomic E-state index is -0.820. The van der Waals surface area contributed by atoms with Crippen LogP contribution in [0.2, 0.25) is 0 Å². The highest BCUT2D eigenvalue weighted by atomic mass is 16.6. The van der Waals surface area contributed by atoms with E-state index in [1.807, 2.05) is 0 Å². The smallest absolute Gasteiger partial charge is 0.411 e. The number of hydrogen-bond donors (Lipinski definition) is 1. The third-order valence-corrected chi connectivity index (χ3v) is 4.00. The quantitative estimate of drug-likeness (QED) is 0.650. The van der Waals surface area contributed by atoms with Crippen molar-refractivity contribution >= 4 is 23.7 Å². The van der Waals surface area contributed by atoms with Crippen LogP contribution in [0.1, 0.15) is 37.6 Å². The van der Waals surface area contributed by atoms with Gasteiger partial charge in [-0.3, -0.25) is 9.69 Å². The molecule has 0 spiro atoms. The summed E-state index contributed by atoms with van der Waals surface area (Å²) in [4.78, 5) is 41.4. The normalized spacial score (nSPS) is 19.1. The van der Waals surface area contributed by atoms with E-state index in [4.69, 9.17) is 16.0 Å². The highest BCUT2D eigenvalue weighted by Crippen LogP contribution is 2.23. The molecule has 0 aliphatic carbocycles. The predicted octanol–water partition coefficient (Wildman–Crippen LogP) is 2.52. The maximum Gasteiger partial charge on any atom is 0.411 e. The number of nitrogens with one attached hydrogen (secondary N) is 1. The molecule has 8 nitrogen and oxygen atoms in total. The molecule has 1 N–H and O–H groups in total. The van der Waals surface area contributed by atoms with Crippen molar-refractivity contribution < 1.29 is 23.9 Å². The summed E-state index contributed by atoms with van der Waals surface area (Å²) >= 11 is 0. The molecule has 2 amide bonds. The molecule has 8 heteroatoms. The van der Waals surface area contributed by atoms with Gasteiger partial charge in [-0.15, -0.1) is 0 Å². The number of esters is 1. The highest BCUT2D eigenvalue weighted by Gasteiger charge is 2.42. The monoisotopic (exact) mass is 373 g/mol. The number of amides is 2. The molecule has 1 saturated heterocycles. The Bertz CT molecular complexity index is 761. The lowest BCUT2D eigenvalue weighted by Crippen LogP contribution is -2.44. The third-order valence-electron chi connectivity index (χ3n) is 4.00. The van der Waals surface area contributed by atoms with Crippen molar-refractivity contribution in [1.29, 1.82) is 0 Å². The molecule has 1 aromatic rings. The van der Waals surface area contributed by atoms with Crippen LogP contribution in [-0.2, 0) is 14.3 Å². The maximum atomic E-state index is 12.4. The van der Waals surface area contributed by atoms with Crippen LogP contribution in [-0.4, -0.2) is 54.2 Å². The second-order valence-corrected chi connectivity index (χ2v) is 7.24. The van der Waals surface area contributed by atoms with E-state index in [9.17, 15) is 14.4 Å². The summed E-state index contributed by atoms with van der Waals surface area (Å²) in [6.07, 6.45) is -0.395. The number of hydrogen-bond acceptors (Lipinski definition) is 5. The molecule has 1 fully saturated rings. The molecule has 0 aromatic heterocycles. The van der Waals surface area contributed by atoms with Gasteiger partial charge >= 0.3 is 12.1 Å². The predicted molar refractivity (Wildman–Crippen MR) is 97.3 cm³/mol. The summed E-state index contributed by atoms with van der Waals surface area (Å²) in [5.74, 6) is -0.898. The number of carbonyl (C=O) groups excluding carboxylic acids is 3. The standard InChI is InChI=1S/C19H23N3O5/c1-19(2,3)27-18(25)22-11-14(10-15(22)17(24)26-5)21-16(23)12-6-8-13(20-4)9-7-12/h6-9,14-15H,10-11H2,1-3,5H3,(H,21,23)/t14-,15+/m1/s1. The van der Waals surface area contributed by atoms with E-state index < -0.39 is 29.7 Å². The minimum absolute atomic E-state index is 0.139. The van der Waals surface area contributed by atoms with Gasteiger partial charge in [-0.2, -0.15) is 0 Å². The lowest BCUT2D eigenvalue weighted by Gasteiger charge is -2.27. The Morgan fingerprint density at radius 1 is 1.22 bits per heavy atom. The van der Waals surface area contributed by atoms with Gasteiger partial charge in [-0.05, 0) is 20.8 Å². The van der Waals surface area contributed by atoms with E-state index in [1.54, 1.807) is 45.0 Å². The van der Waals surface area contributed by atoms with E-state index in [-0.39, 0.29) is 18.9 Å². The average molecular weight is 373 g/mol. The molecule has 0 radical (unpaired) electrons. The van der Waals surface area contributed by atoms with Gasteiger partial charge in [-0.25, -0.2) is 14.4 Å². The number of methoxy groups -OCH3 is 1. The molecular weight excluding hydrogens is 350 g/mol. The largest absolute Gasteiger partial charge is 0.467 e. The second kappa shape index (κ2) is 8.08. The first kappa shape index (κ1) is 20.2. The Morgan fingerprint density at radius 3 is 2.37 bits per heavy atom. The van der Waals surface area contributed by atoms with Crippen LogP contribution >= 0.6 is 0 Å². The Kier molecular flexibility index (Phi) is 6.05. The molecule has 144 valence electrons. The van der Waals surface area contributed by atoms with Gasteiger partial charge in [-0.1, -0.05) is 24.3 Å². The summed E-state index contributed by atoms with van der Waals surface area (Å²) in [5, 5.41) is 2.82. The molecule has 2 atom stereocenters. The van der Waals surface area contributed by atoms with Crippen molar-refractivity contribution in [2.24, 2.45) is 0 Å². The number of ether oxygens (including phenoxy) is 2. The van der Waals surface area contributed by atoms with Gasteiger partial charge in [0.05, 0.1) is 13.7 Å². The lowest BCUT2D eigenvalue weighted by molar-refractivity contribution is -0.145. The van der Waals surface area contributed by atoms with E-state index >= 15 is 0 Å². The van der Waals surface area contributed by atoms with Crippen LogP contribution in [0.25, 0.3) is 4.85 Å². The minimum Gasteiger partial charge on any atom is -0.467 e. The number of carbonyl (C=O) groups is 3. The molecular formula is C19H23N3O5. The van der Waals surface area contributed by atoms with Crippen LogP contribution in [0.3, 0.4) is 0 Å². The summed E-state index contributed by atoms with van der Waals surface area (Å²) < 4.78 is 10.1. The van der Waals surface area contributed by atoms with Crippen LogP contribution < -0.4 is 5.32 Å². The molecule has 1 aliphatic rings. The van der Waals surface area contributed by atoms with Crippen LogP contribution in [0.15, 0.2) is 24.3 Å². The Labute approximate surface area is 158 Å². The number of rotatable bonds is 3. The number of benzene rings is 1. The number of nitrogens with zero attached hydrogens (tertiary/aromatic N) is 2. The zero-order valence-electron chi connectivity index (χ0n) is 15.8. The van der Waals surface area contributed by atoms with Gasteiger partial charge in [0.2, 0.25) is 0 Å². The second-order valence-electron chi connectivity index (χ2n) is 7.24. The van der Waals surface area contributed by atoms with Crippen molar-refractivity contribution in [3.8, 4) is 0 Å². The van der Waals surface area contributed by atoms with Crippen molar-refractivity contribution in [3.05, 3.63) is 41.2 Å². The van der Waals surface area contributed by atoms with Gasteiger partial charge in [0.25, 0.3) is 5.91 Å². The van der Waals surface area contributed by atoms with Gasteiger partial charge in [0.1, 0.15) is 11.6 Å². The maximum absolute atomic E-state index is 12.4. The molecule has 0 unspecified atom stereocenters. The van der Waals surface area contributed by atoms with E-state index in [2.05, 4.69) is 10.2 Å². The number of likely N-dealkylation sites (tertiary alicyclic amines) is 1. The molecule has 0 bridgehead atoms. The van der Waals surface area contributed by atoms with Gasteiger partial charge in [0, 0.05) is 24.6 Å². The molecule has 1 aliphatic heterocycles. The summed E-state index contributed by atoms with van der Waals surface area (Å²) in [6, 6.07) is 4.98. The molecule has 0 saturated carbocycles. The SMILES string of the molecule is [C-]#[N+]c1ccc(C(=O)N[C@@H]2C[C@@H](C(=O)OC)N(C(=O)OC(C)(C)C)C2)cc1. The molecule has 1 aromatic carbocycles. The Morgan fingerprint density at radius 2 is 1.85 bits per heavy atom. The van der Waals surface area contributed by atoms with Crippen molar-refractivity contribution in [3.63, 3.8) is 0 Å². The molecule has 1 heterocycles. The van der Waals surface area contributed by atoms with E-state index in [0.29, 0.717) is 11.3 Å². The Balaban J connectivity index is 2.09. The summed E-state index contributed by atoms with van der Waals surface area (Å²) in [6.45, 7) is 12.3. The van der Waals surface area contributed by atoms with Crippen LogP contribution in [0.5, 0.6) is 0 Å².